The van der Waals surface area contributed by atoms with Crippen LogP contribution < -0.4 is 11.5 Å². The van der Waals surface area contributed by atoms with Crippen LogP contribution in [0.3, 0.4) is 0 Å². The lowest BCUT2D eigenvalue weighted by Gasteiger charge is -1.92. The molecule has 0 aromatic heterocycles. The van der Waals surface area contributed by atoms with Crippen LogP contribution in [0.15, 0.2) is 5.16 Å². The van der Waals surface area contributed by atoms with Crippen LogP contribution >= 0.6 is 0 Å². The smallest absolute Gasteiger partial charge is 0.402 e. The average Bonchev–Trinajstić information content (AvgIpc) is 1.61. The standard InChI is InChI=1S/CH6BN3O3/c3-1(4)5-8-2(6)7/h6-7H,(H4,3,4,5). The number of guanidine groups is 1. The zero-order chi connectivity index (χ0) is 6.57. The maximum atomic E-state index is 7.92. The lowest BCUT2D eigenvalue weighted by molar-refractivity contribution is 0.194. The van der Waals surface area contributed by atoms with Gasteiger partial charge < -0.3 is 26.3 Å². The average molecular weight is 119 g/mol. The number of oxime groups is 1. The van der Waals surface area contributed by atoms with Crippen LogP contribution in [0.1, 0.15) is 0 Å². The molecular weight excluding hydrogens is 113 g/mol. The molecule has 0 aromatic carbocycles. The van der Waals surface area contributed by atoms with Crippen LogP contribution in [-0.2, 0) is 4.76 Å². The zero-order valence-corrected chi connectivity index (χ0v) is 3.98. The van der Waals surface area contributed by atoms with E-state index in [0.29, 0.717) is 0 Å². The van der Waals surface area contributed by atoms with E-state index in [9.17, 15) is 0 Å². The second-order valence-electron chi connectivity index (χ2n) is 0.948. The summed E-state index contributed by atoms with van der Waals surface area (Å²) >= 11 is 0. The van der Waals surface area contributed by atoms with Crippen molar-refractivity contribution in [3.63, 3.8) is 0 Å². The highest BCUT2D eigenvalue weighted by Crippen LogP contribution is 1.72. The van der Waals surface area contributed by atoms with Crippen LogP contribution in [-0.4, -0.2) is 23.3 Å². The fourth-order valence-corrected chi connectivity index (χ4v) is 0.108. The second kappa shape index (κ2) is 3.11. The van der Waals surface area contributed by atoms with Crippen molar-refractivity contribution in [3.05, 3.63) is 0 Å². The molecule has 0 rings (SSSR count). The minimum Gasteiger partial charge on any atom is -0.402 e. The molecular formula is CH6BN3O3. The van der Waals surface area contributed by atoms with Crippen LogP contribution in [0.2, 0.25) is 0 Å². The molecule has 6 nitrogen and oxygen atoms in total. The minimum absolute atomic E-state index is 0.363. The summed E-state index contributed by atoms with van der Waals surface area (Å²) < 4.78 is 3.75. The number of rotatable bonds is 2. The first-order valence-electron chi connectivity index (χ1n) is 1.74. The van der Waals surface area contributed by atoms with Crippen LogP contribution in [0.4, 0.5) is 0 Å². The SMILES string of the molecule is NC(N)=NOB(O)O. The van der Waals surface area contributed by atoms with E-state index < -0.39 is 7.32 Å². The van der Waals surface area contributed by atoms with Crippen molar-refractivity contribution in [3.8, 4) is 0 Å². The highest BCUT2D eigenvalue weighted by atomic mass is 16.7. The highest BCUT2D eigenvalue weighted by Gasteiger charge is 2.08. The summed E-state index contributed by atoms with van der Waals surface area (Å²) in [4.78, 5) is 0. The Bertz CT molecular complexity index is 88.5. The van der Waals surface area contributed by atoms with Gasteiger partial charge in [0.2, 0.25) is 5.96 Å². The Balaban J connectivity index is 3.29. The number of hydrogen-bond acceptors (Lipinski definition) is 4. The predicted molar refractivity (Wildman–Crippen MR) is 27.1 cm³/mol. The Kier molecular flexibility index (Phi) is 2.74. The highest BCUT2D eigenvalue weighted by molar-refractivity contribution is 6.32. The molecule has 0 aromatic rings. The molecule has 0 amide bonds. The van der Waals surface area contributed by atoms with E-state index in [2.05, 4.69) is 9.91 Å². The molecule has 0 radical (unpaired) electrons. The van der Waals surface area contributed by atoms with Gasteiger partial charge in [0.15, 0.2) is 0 Å². The van der Waals surface area contributed by atoms with E-state index in [1.54, 1.807) is 0 Å². The van der Waals surface area contributed by atoms with Gasteiger partial charge in [-0.1, -0.05) is 5.16 Å². The Morgan fingerprint density at radius 3 is 2.12 bits per heavy atom. The quantitative estimate of drug-likeness (QED) is 0.135. The van der Waals surface area contributed by atoms with Crippen molar-refractivity contribution in [2.75, 3.05) is 0 Å². The summed E-state index contributed by atoms with van der Waals surface area (Å²) in [6.07, 6.45) is 0. The summed E-state index contributed by atoms with van der Waals surface area (Å²) in [6.45, 7) is 0. The lowest BCUT2D eigenvalue weighted by atomic mass is 10.3. The summed E-state index contributed by atoms with van der Waals surface area (Å²) in [7, 11) is -1.96. The molecule has 46 valence electrons. The molecule has 0 saturated carbocycles. The maximum absolute atomic E-state index is 7.92. The summed E-state index contributed by atoms with van der Waals surface area (Å²) in [6, 6.07) is 0. The van der Waals surface area contributed by atoms with E-state index in [1.165, 1.54) is 0 Å². The van der Waals surface area contributed by atoms with Crippen molar-refractivity contribution < 1.29 is 14.8 Å². The van der Waals surface area contributed by atoms with Crippen molar-refractivity contribution in [2.24, 2.45) is 16.6 Å². The molecule has 0 unspecified atom stereocenters. The van der Waals surface area contributed by atoms with Gasteiger partial charge in [-0.2, -0.15) is 0 Å². The molecule has 0 bridgehead atoms. The minimum atomic E-state index is -1.96. The third kappa shape index (κ3) is 5.05. The normalized spacial score (nSPS) is 7.75. The first-order valence-corrected chi connectivity index (χ1v) is 1.74. The van der Waals surface area contributed by atoms with Gasteiger partial charge >= 0.3 is 7.32 Å². The fourth-order valence-electron chi connectivity index (χ4n) is 0.108. The van der Waals surface area contributed by atoms with Crippen molar-refractivity contribution in [1.82, 2.24) is 0 Å². The third-order valence-electron chi connectivity index (χ3n) is 0.252. The molecule has 7 heteroatoms. The van der Waals surface area contributed by atoms with Gasteiger partial charge in [0.05, 0.1) is 0 Å². The summed E-state index contributed by atoms with van der Waals surface area (Å²) in [5.74, 6) is -0.363. The first kappa shape index (κ1) is 7.05. The Hall–Kier alpha value is -0.945. The largest absolute Gasteiger partial charge is 0.729 e. The molecule has 8 heavy (non-hydrogen) atoms. The fraction of sp³-hybridized carbons (Fsp3) is 0. The third-order valence-corrected chi connectivity index (χ3v) is 0.252. The van der Waals surface area contributed by atoms with Crippen molar-refractivity contribution >= 4 is 13.3 Å². The van der Waals surface area contributed by atoms with Gasteiger partial charge in [0, 0.05) is 0 Å². The van der Waals surface area contributed by atoms with Gasteiger partial charge in [-0.05, 0) is 0 Å². The maximum Gasteiger partial charge on any atom is 0.729 e. The Morgan fingerprint density at radius 2 is 2.00 bits per heavy atom. The molecule has 0 saturated heterocycles. The van der Waals surface area contributed by atoms with E-state index in [0.717, 1.165) is 0 Å². The van der Waals surface area contributed by atoms with Gasteiger partial charge in [-0.15, -0.1) is 0 Å². The van der Waals surface area contributed by atoms with Crippen molar-refractivity contribution in [2.45, 2.75) is 0 Å². The molecule has 0 aliphatic rings. The predicted octanol–water partition coefficient (Wildman–Crippen LogP) is -2.84. The molecule has 0 atom stereocenters. The zero-order valence-electron chi connectivity index (χ0n) is 3.98. The molecule has 0 spiro atoms. The molecule has 0 aliphatic heterocycles. The molecule has 0 aliphatic carbocycles. The van der Waals surface area contributed by atoms with Gasteiger partial charge in [-0.3, -0.25) is 0 Å². The Labute approximate surface area is 45.9 Å². The van der Waals surface area contributed by atoms with Crippen LogP contribution in [0, 0.1) is 0 Å². The molecule has 6 N–H and O–H groups in total. The van der Waals surface area contributed by atoms with Crippen LogP contribution in [0.25, 0.3) is 0 Å². The van der Waals surface area contributed by atoms with E-state index in [-0.39, 0.29) is 5.96 Å². The second-order valence-corrected chi connectivity index (χ2v) is 0.948. The topological polar surface area (TPSA) is 114 Å². The Morgan fingerprint density at radius 1 is 1.50 bits per heavy atom. The lowest BCUT2D eigenvalue weighted by Crippen LogP contribution is -2.25. The summed E-state index contributed by atoms with van der Waals surface area (Å²) in [5.41, 5.74) is 9.44. The van der Waals surface area contributed by atoms with Gasteiger partial charge in [0.1, 0.15) is 0 Å². The number of nitrogens with two attached hydrogens (primary N) is 2. The number of nitrogens with zero attached hydrogens (tertiary/aromatic N) is 1. The monoisotopic (exact) mass is 119 g/mol. The van der Waals surface area contributed by atoms with E-state index >= 15 is 0 Å². The first-order chi connectivity index (χ1) is 3.63. The van der Waals surface area contributed by atoms with Crippen molar-refractivity contribution in [1.29, 1.82) is 0 Å². The molecule has 0 fully saturated rings. The molecule has 0 heterocycles. The van der Waals surface area contributed by atoms with Gasteiger partial charge in [-0.25, -0.2) is 0 Å². The van der Waals surface area contributed by atoms with Gasteiger partial charge in [0.25, 0.3) is 0 Å². The summed E-state index contributed by atoms with van der Waals surface area (Å²) in [5, 5.41) is 18.6. The van der Waals surface area contributed by atoms with E-state index in [1.807, 2.05) is 0 Å². The van der Waals surface area contributed by atoms with E-state index in [4.69, 9.17) is 21.5 Å². The number of hydrogen-bond donors (Lipinski definition) is 4. The van der Waals surface area contributed by atoms with Crippen LogP contribution in [0.5, 0.6) is 0 Å².